The SMILES string of the molecule is Cc1onc(-c2c(F)cccc2Cl)c1C(=O)N1CCN(c2nccs2)CC1. The lowest BCUT2D eigenvalue weighted by atomic mass is 10.0. The maximum atomic E-state index is 14.3. The molecule has 0 N–H and O–H groups in total. The number of rotatable bonds is 3. The van der Waals surface area contributed by atoms with Gasteiger partial charge >= 0.3 is 0 Å². The van der Waals surface area contributed by atoms with Gasteiger partial charge in [-0.25, -0.2) is 9.37 Å². The summed E-state index contributed by atoms with van der Waals surface area (Å²) in [6, 6.07) is 4.35. The van der Waals surface area contributed by atoms with Crippen LogP contribution in [0.2, 0.25) is 5.02 Å². The van der Waals surface area contributed by atoms with E-state index < -0.39 is 5.82 Å². The number of carbonyl (C=O) groups excluding carboxylic acids is 1. The molecule has 0 aliphatic carbocycles. The van der Waals surface area contributed by atoms with Crippen molar-refractivity contribution >= 4 is 34.0 Å². The van der Waals surface area contributed by atoms with E-state index >= 15 is 0 Å². The van der Waals surface area contributed by atoms with Crippen LogP contribution in [-0.2, 0) is 0 Å². The van der Waals surface area contributed by atoms with Crippen LogP contribution in [-0.4, -0.2) is 47.1 Å². The summed E-state index contributed by atoms with van der Waals surface area (Å²) >= 11 is 7.73. The maximum Gasteiger partial charge on any atom is 0.259 e. The van der Waals surface area contributed by atoms with E-state index in [1.807, 2.05) is 5.38 Å². The summed E-state index contributed by atoms with van der Waals surface area (Å²) < 4.78 is 19.5. The van der Waals surface area contributed by atoms with Crippen molar-refractivity contribution in [3.05, 3.63) is 51.9 Å². The van der Waals surface area contributed by atoms with Crippen LogP contribution in [0.4, 0.5) is 9.52 Å². The van der Waals surface area contributed by atoms with Crippen LogP contribution in [0.25, 0.3) is 11.3 Å². The van der Waals surface area contributed by atoms with E-state index in [1.54, 1.807) is 35.4 Å². The molecule has 2 aromatic heterocycles. The molecular formula is C18H16ClFN4O2S. The van der Waals surface area contributed by atoms with E-state index in [2.05, 4.69) is 15.0 Å². The summed E-state index contributed by atoms with van der Waals surface area (Å²) in [5.74, 6) is -0.433. The Bertz CT molecular complexity index is 948. The zero-order valence-corrected chi connectivity index (χ0v) is 16.1. The minimum Gasteiger partial charge on any atom is -0.360 e. The lowest BCUT2D eigenvalue weighted by Crippen LogP contribution is -2.49. The number of aromatic nitrogens is 2. The van der Waals surface area contributed by atoms with Gasteiger partial charge in [0.25, 0.3) is 5.91 Å². The second-order valence-corrected chi connectivity index (χ2v) is 7.43. The minimum absolute atomic E-state index is 0.0841. The highest BCUT2D eigenvalue weighted by molar-refractivity contribution is 7.13. The highest BCUT2D eigenvalue weighted by Gasteiger charge is 2.30. The Morgan fingerprint density at radius 3 is 2.74 bits per heavy atom. The molecule has 140 valence electrons. The number of aryl methyl sites for hydroxylation is 1. The van der Waals surface area contributed by atoms with Crippen LogP contribution in [0.3, 0.4) is 0 Å². The Kier molecular flexibility index (Phi) is 4.84. The summed E-state index contributed by atoms with van der Waals surface area (Å²) in [5.41, 5.74) is 0.480. The van der Waals surface area contributed by atoms with E-state index in [9.17, 15) is 9.18 Å². The van der Waals surface area contributed by atoms with Gasteiger partial charge in [0.15, 0.2) is 5.13 Å². The summed E-state index contributed by atoms with van der Waals surface area (Å²) in [6.07, 6.45) is 1.77. The molecule has 0 unspecified atom stereocenters. The molecule has 0 spiro atoms. The molecule has 3 heterocycles. The first-order valence-electron chi connectivity index (χ1n) is 8.40. The second-order valence-electron chi connectivity index (χ2n) is 6.15. The molecule has 1 fully saturated rings. The van der Waals surface area contributed by atoms with Crippen molar-refractivity contribution in [1.82, 2.24) is 15.0 Å². The van der Waals surface area contributed by atoms with Gasteiger partial charge in [0.1, 0.15) is 22.8 Å². The van der Waals surface area contributed by atoms with Crippen molar-refractivity contribution in [3.63, 3.8) is 0 Å². The van der Waals surface area contributed by atoms with Crippen molar-refractivity contribution in [2.45, 2.75) is 6.92 Å². The molecule has 9 heteroatoms. The van der Waals surface area contributed by atoms with Gasteiger partial charge in [0.05, 0.1) is 10.6 Å². The van der Waals surface area contributed by atoms with Crippen molar-refractivity contribution in [2.24, 2.45) is 0 Å². The lowest BCUT2D eigenvalue weighted by Gasteiger charge is -2.34. The predicted octanol–water partition coefficient (Wildman–Crippen LogP) is 3.86. The first kappa shape index (κ1) is 17.9. The van der Waals surface area contributed by atoms with Crippen molar-refractivity contribution in [1.29, 1.82) is 0 Å². The average Bonchev–Trinajstić information content (AvgIpc) is 3.32. The number of anilines is 1. The van der Waals surface area contributed by atoms with Crippen LogP contribution in [0.15, 0.2) is 34.3 Å². The van der Waals surface area contributed by atoms with Gasteiger partial charge in [-0.05, 0) is 19.1 Å². The normalized spacial score (nSPS) is 14.6. The molecule has 0 radical (unpaired) electrons. The number of carbonyl (C=O) groups is 1. The Hall–Kier alpha value is -2.45. The molecule has 0 saturated carbocycles. The van der Waals surface area contributed by atoms with E-state index in [1.165, 1.54) is 12.1 Å². The summed E-state index contributed by atoms with van der Waals surface area (Å²) in [5, 5.41) is 6.97. The molecule has 1 aromatic carbocycles. The monoisotopic (exact) mass is 406 g/mol. The van der Waals surface area contributed by atoms with Gasteiger partial charge in [-0.1, -0.05) is 22.8 Å². The number of piperazine rings is 1. The van der Waals surface area contributed by atoms with Crippen LogP contribution in [0.1, 0.15) is 16.1 Å². The van der Waals surface area contributed by atoms with Crippen molar-refractivity contribution < 1.29 is 13.7 Å². The molecular weight excluding hydrogens is 391 g/mol. The Balaban J connectivity index is 1.59. The molecule has 1 amide bonds. The van der Waals surface area contributed by atoms with Crippen LogP contribution in [0, 0.1) is 12.7 Å². The predicted molar refractivity (Wildman–Crippen MR) is 102 cm³/mol. The van der Waals surface area contributed by atoms with E-state index in [4.69, 9.17) is 16.1 Å². The number of nitrogens with zero attached hydrogens (tertiary/aromatic N) is 4. The third-order valence-electron chi connectivity index (χ3n) is 4.53. The molecule has 27 heavy (non-hydrogen) atoms. The van der Waals surface area contributed by atoms with E-state index in [-0.39, 0.29) is 27.8 Å². The first-order valence-corrected chi connectivity index (χ1v) is 9.66. The highest BCUT2D eigenvalue weighted by atomic mass is 35.5. The zero-order chi connectivity index (χ0) is 19.0. The largest absolute Gasteiger partial charge is 0.360 e. The minimum atomic E-state index is -0.543. The van der Waals surface area contributed by atoms with E-state index in [0.717, 1.165) is 5.13 Å². The molecule has 0 atom stereocenters. The zero-order valence-electron chi connectivity index (χ0n) is 14.5. The third kappa shape index (κ3) is 3.30. The van der Waals surface area contributed by atoms with Gasteiger partial charge in [0.2, 0.25) is 0 Å². The summed E-state index contributed by atoms with van der Waals surface area (Å²) in [7, 11) is 0. The van der Waals surface area contributed by atoms with Crippen LogP contribution < -0.4 is 4.90 Å². The van der Waals surface area contributed by atoms with Crippen molar-refractivity contribution in [2.75, 3.05) is 31.1 Å². The molecule has 6 nitrogen and oxygen atoms in total. The maximum absolute atomic E-state index is 14.3. The molecule has 1 aliphatic heterocycles. The quantitative estimate of drug-likeness (QED) is 0.660. The Morgan fingerprint density at radius 1 is 1.30 bits per heavy atom. The highest BCUT2D eigenvalue weighted by Crippen LogP contribution is 2.34. The average molecular weight is 407 g/mol. The summed E-state index contributed by atoms with van der Waals surface area (Å²) in [6.45, 7) is 4.07. The van der Waals surface area contributed by atoms with E-state index in [0.29, 0.717) is 31.9 Å². The lowest BCUT2D eigenvalue weighted by molar-refractivity contribution is 0.0745. The standard InChI is InChI=1S/C18H16ClFN4O2S/c1-11-14(16(22-26-11)15-12(19)3-2-4-13(15)20)17(25)23-6-8-24(9-7-23)18-21-5-10-27-18/h2-5,10H,6-9H2,1H3. The number of hydrogen-bond acceptors (Lipinski definition) is 6. The fourth-order valence-corrected chi connectivity index (χ4v) is 4.10. The van der Waals surface area contributed by atoms with Crippen molar-refractivity contribution in [3.8, 4) is 11.3 Å². The molecule has 4 rings (SSSR count). The number of benzene rings is 1. The van der Waals surface area contributed by atoms with Gasteiger partial charge < -0.3 is 14.3 Å². The number of amides is 1. The molecule has 0 bridgehead atoms. The first-order chi connectivity index (χ1) is 13.1. The molecule has 3 aromatic rings. The third-order valence-corrected chi connectivity index (χ3v) is 5.68. The summed E-state index contributed by atoms with van der Waals surface area (Å²) in [4.78, 5) is 21.3. The Labute approximate surface area is 164 Å². The number of thiazole rings is 1. The molecule has 1 saturated heterocycles. The van der Waals surface area contributed by atoms with Gasteiger partial charge in [-0.2, -0.15) is 0 Å². The fourth-order valence-electron chi connectivity index (χ4n) is 3.15. The topological polar surface area (TPSA) is 62.5 Å². The smallest absolute Gasteiger partial charge is 0.259 e. The second kappa shape index (κ2) is 7.28. The van der Waals surface area contributed by atoms with Gasteiger partial charge in [0, 0.05) is 37.8 Å². The van der Waals surface area contributed by atoms with Gasteiger partial charge in [-0.3, -0.25) is 4.79 Å². The Morgan fingerprint density at radius 2 is 2.07 bits per heavy atom. The number of halogens is 2. The van der Waals surface area contributed by atoms with Crippen LogP contribution in [0.5, 0.6) is 0 Å². The van der Waals surface area contributed by atoms with Gasteiger partial charge in [-0.15, -0.1) is 11.3 Å². The fraction of sp³-hybridized carbons (Fsp3) is 0.278. The van der Waals surface area contributed by atoms with Crippen LogP contribution >= 0.6 is 22.9 Å². The molecule has 1 aliphatic rings. The number of hydrogen-bond donors (Lipinski definition) is 0.